The highest BCUT2D eigenvalue weighted by Gasteiger charge is 2.45. The number of carbonyl (C=O) groups excluding carboxylic acids is 6. The van der Waals surface area contributed by atoms with Gasteiger partial charge in [-0.25, -0.2) is 14.8 Å². The number of alkyl halides is 3. The second kappa shape index (κ2) is 22.4. The predicted molar refractivity (Wildman–Crippen MR) is 272 cm³/mol. The summed E-state index contributed by atoms with van der Waals surface area (Å²) >= 11 is 1.56. The molecule has 6 heterocycles. The highest BCUT2D eigenvalue weighted by Crippen LogP contribution is 2.33. The summed E-state index contributed by atoms with van der Waals surface area (Å²) in [5, 5.41) is 24.4. The van der Waals surface area contributed by atoms with Crippen LogP contribution in [0.1, 0.15) is 86.9 Å². The van der Waals surface area contributed by atoms with Crippen molar-refractivity contribution in [2.24, 2.45) is 11.3 Å². The molecule has 3 aliphatic rings. The number of thiazole rings is 1. The van der Waals surface area contributed by atoms with E-state index in [1.54, 1.807) is 49.7 Å². The van der Waals surface area contributed by atoms with E-state index >= 15 is 0 Å². The van der Waals surface area contributed by atoms with Gasteiger partial charge in [-0.3, -0.25) is 28.7 Å². The Kier molecular flexibility index (Phi) is 16.1. The van der Waals surface area contributed by atoms with Crippen molar-refractivity contribution in [2.75, 3.05) is 58.2 Å². The first-order valence-electron chi connectivity index (χ1n) is 24.9. The third kappa shape index (κ3) is 12.7. The molecule has 5 aromatic rings. The molecular formula is C52H62F3N11O8S. The van der Waals surface area contributed by atoms with E-state index in [4.69, 9.17) is 4.74 Å². The number of nitrogens with zero attached hydrogens (tertiary/aromatic N) is 8. The molecule has 0 aliphatic carbocycles. The average Bonchev–Trinajstić information content (AvgIpc) is 4.17. The molecule has 0 saturated carbocycles. The van der Waals surface area contributed by atoms with Crippen LogP contribution in [0.4, 0.5) is 23.7 Å². The zero-order valence-electron chi connectivity index (χ0n) is 42.6. The Morgan fingerprint density at radius 2 is 1.67 bits per heavy atom. The van der Waals surface area contributed by atoms with E-state index < -0.39 is 58.9 Å². The van der Waals surface area contributed by atoms with Crippen LogP contribution in [0.2, 0.25) is 0 Å². The van der Waals surface area contributed by atoms with Gasteiger partial charge in [0.25, 0.3) is 5.91 Å². The Morgan fingerprint density at radius 1 is 0.947 bits per heavy atom. The number of aryl methyl sites for hydroxylation is 1. The quantitative estimate of drug-likeness (QED) is 0.0914. The van der Waals surface area contributed by atoms with Crippen molar-refractivity contribution in [3.8, 4) is 16.2 Å². The van der Waals surface area contributed by atoms with E-state index in [2.05, 4.69) is 31.0 Å². The van der Waals surface area contributed by atoms with Gasteiger partial charge in [0.05, 0.1) is 53.1 Å². The minimum absolute atomic E-state index is 0.0459. The molecule has 7 amide bonds. The Bertz CT molecular complexity index is 2930. The molecule has 19 nitrogen and oxygen atoms in total. The number of β-amino-alcohol motifs (C(OH)–C–C–N with tert-alkyl or cyclic N) is 1. The van der Waals surface area contributed by atoms with E-state index in [9.17, 15) is 47.0 Å². The van der Waals surface area contributed by atoms with Crippen molar-refractivity contribution in [3.63, 3.8) is 0 Å². The largest absolute Gasteiger partial charge is 0.494 e. The van der Waals surface area contributed by atoms with Crippen molar-refractivity contribution in [3.05, 3.63) is 88.9 Å². The average molecular weight is 1060 g/mol. The molecule has 3 saturated heterocycles. The molecule has 0 radical (unpaired) electrons. The van der Waals surface area contributed by atoms with Crippen LogP contribution in [0.5, 0.6) is 5.75 Å². The number of hydrogen-bond donors (Lipinski definition) is 4. The van der Waals surface area contributed by atoms with Gasteiger partial charge in [0, 0.05) is 69.8 Å². The number of pyridine rings is 1. The smallest absolute Gasteiger partial charge is 0.433 e. The molecule has 8 rings (SSSR count). The number of piperidine rings is 1. The second-order valence-electron chi connectivity index (χ2n) is 20.5. The number of benzene rings is 2. The van der Waals surface area contributed by atoms with E-state index in [0.29, 0.717) is 56.5 Å². The van der Waals surface area contributed by atoms with Gasteiger partial charge < -0.3 is 45.4 Å². The minimum Gasteiger partial charge on any atom is -0.494 e. The summed E-state index contributed by atoms with van der Waals surface area (Å²) in [6.45, 7) is 11.3. The van der Waals surface area contributed by atoms with Gasteiger partial charge in [0.2, 0.25) is 23.6 Å². The Balaban J connectivity index is 0.784. The first-order valence-corrected chi connectivity index (χ1v) is 25.7. The summed E-state index contributed by atoms with van der Waals surface area (Å²) in [5.41, 5.74) is 3.00. The molecule has 4 atom stereocenters. The zero-order valence-corrected chi connectivity index (χ0v) is 43.5. The first-order chi connectivity index (χ1) is 35.6. The van der Waals surface area contributed by atoms with Gasteiger partial charge >= 0.3 is 12.2 Å². The zero-order chi connectivity index (χ0) is 53.9. The molecular weight excluding hydrogens is 996 g/mol. The summed E-state index contributed by atoms with van der Waals surface area (Å²) in [6, 6.07) is 11.5. The van der Waals surface area contributed by atoms with Crippen molar-refractivity contribution in [1.82, 2.24) is 50.0 Å². The summed E-state index contributed by atoms with van der Waals surface area (Å²) in [7, 11) is 1.38. The van der Waals surface area contributed by atoms with Crippen LogP contribution in [0.15, 0.2) is 66.3 Å². The van der Waals surface area contributed by atoms with Gasteiger partial charge in [-0.05, 0) is 67.3 Å². The van der Waals surface area contributed by atoms with E-state index in [0.717, 1.165) is 33.8 Å². The van der Waals surface area contributed by atoms with E-state index in [-0.39, 0.29) is 73.7 Å². The lowest BCUT2D eigenvalue weighted by molar-refractivity contribution is -0.144. The number of carbonyl (C=O) groups is 6. The number of amides is 7. The summed E-state index contributed by atoms with van der Waals surface area (Å²) in [5.74, 6) is -2.07. The van der Waals surface area contributed by atoms with Crippen molar-refractivity contribution < 1.29 is 51.8 Å². The van der Waals surface area contributed by atoms with Crippen molar-refractivity contribution >= 4 is 63.5 Å². The predicted octanol–water partition coefficient (Wildman–Crippen LogP) is 5.88. The number of methoxy groups -OCH3 is 1. The summed E-state index contributed by atoms with van der Waals surface area (Å²) in [4.78, 5) is 96.5. The molecule has 3 fully saturated rings. The number of urea groups is 1. The topological polar surface area (TPSA) is 225 Å². The van der Waals surface area contributed by atoms with E-state index in [1.807, 2.05) is 58.9 Å². The molecule has 3 aromatic heterocycles. The van der Waals surface area contributed by atoms with Crippen molar-refractivity contribution in [2.45, 2.75) is 97.3 Å². The molecule has 23 heteroatoms. The fraction of sp³-hybridized carbons (Fsp3) is 0.481. The number of nitrogens with one attached hydrogen (secondary N) is 3. The van der Waals surface area contributed by atoms with Crippen LogP contribution in [-0.2, 0) is 31.9 Å². The maximum Gasteiger partial charge on any atom is 0.433 e. The molecule has 0 spiro atoms. The number of ether oxygens (including phenoxy) is 1. The Hall–Kier alpha value is -7.14. The highest BCUT2D eigenvalue weighted by atomic mass is 32.1. The lowest BCUT2D eigenvalue weighted by Gasteiger charge is -2.36. The number of aromatic nitrogens is 4. The van der Waals surface area contributed by atoms with Gasteiger partial charge in [-0.1, -0.05) is 51.1 Å². The summed E-state index contributed by atoms with van der Waals surface area (Å²) < 4.78 is 46.7. The van der Waals surface area contributed by atoms with Crippen LogP contribution < -0.4 is 20.7 Å². The lowest BCUT2D eigenvalue weighted by atomic mass is 9.85. The molecule has 0 bridgehead atoms. The number of fused-ring (bicyclic) bond motifs is 1. The fourth-order valence-electron chi connectivity index (χ4n) is 9.75. The number of aliphatic hydroxyl groups is 1. The third-order valence-electron chi connectivity index (χ3n) is 14.0. The number of hydrogen-bond acceptors (Lipinski definition) is 12. The van der Waals surface area contributed by atoms with Gasteiger partial charge in [0.1, 0.15) is 35.8 Å². The Labute approximate surface area is 435 Å². The Morgan fingerprint density at radius 3 is 2.33 bits per heavy atom. The maximum atomic E-state index is 14.3. The number of aliphatic hydroxyl groups excluding tert-OH is 1. The standard InChI is InChI=1S/C52H62F3N11O8S/c1-30(33-10-12-34(13-11-33)45-31(2)56-29-75-45)57-48(71)40-24-36(67)27-66(40)49(72)46(51(3,4)5)60-43(68)22-32-14-16-62(17-15-32)44(69)28-64-19-18-63(50(64)73)20-21-65-26-35-23-39(41(74-6)25-38(35)61-65)59-47(70)37-8-7-9-42(58-37)52(53,54)55/h7-13,23,25-26,29-30,32,36,40,46,67H,14-22,24,27-28H2,1-6H3,(H,57,71)(H,59,70)(H,60,68)/t30-,36+,40-,46+/m0/s1. The van der Waals surface area contributed by atoms with Crippen molar-refractivity contribution in [1.29, 1.82) is 0 Å². The van der Waals surface area contributed by atoms with Crippen LogP contribution in [-0.4, -0.2) is 151 Å². The molecule has 4 N–H and O–H groups in total. The van der Waals surface area contributed by atoms with E-state index in [1.165, 1.54) is 23.0 Å². The summed E-state index contributed by atoms with van der Waals surface area (Å²) in [6.07, 6.45) is -2.64. The molecule has 0 unspecified atom stereocenters. The van der Waals surface area contributed by atoms with Crippen LogP contribution >= 0.6 is 11.3 Å². The normalized spacial score (nSPS) is 18.3. The molecule has 400 valence electrons. The fourth-order valence-corrected chi connectivity index (χ4v) is 10.6. The molecule has 2 aromatic carbocycles. The minimum atomic E-state index is -4.72. The third-order valence-corrected chi connectivity index (χ3v) is 15.0. The highest BCUT2D eigenvalue weighted by molar-refractivity contribution is 7.13. The SMILES string of the molecule is COc1cc2nn(CCN3CCN(CC(=O)N4CCC(CC(=O)N[C@H](C(=O)N5C[C@H](O)C[C@H]5C(=O)N[C@@H](C)c5ccc(-c6scnc6C)cc5)C(C)(C)C)CC4)C3=O)cc2cc1NC(=O)c1cccc(C(F)(F)F)n1. The number of anilines is 1. The van der Waals surface area contributed by atoms with Gasteiger partial charge in [-0.2, -0.15) is 18.3 Å². The lowest BCUT2D eigenvalue weighted by Crippen LogP contribution is -2.58. The number of likely N-dealkylation sites (tertiary alicyclic amines) is 2. The van der Waals surface area contributed by atoms with Crippen LogP contribution in [0.3, 0.4) is 0 Å². The monoisotopic (exact) mass is 1060 g/mol. The van der Waals surface area contributed by atoms with Crippen LogP contribution in [0, 0.1) is 18.3 Å². The van der Waals surface area contributed by atoms with Crippen LogP contribution in [0.25, 0.3) is 21.3 Å². The van der Waals surface area contributed by atoms with Gasteiger partial charge in [0.15, 0.2) is 0 Å². The number of halogens is 3. The number of rotatable bonds is 16. The molecule has 75 heavy (non-hydrogen) atoms. The second-order valence-corrected chi connectivity index (χ2v) is 21.3. The molecule has 3 aliphatic heterocycles. The maximum absolute atomic E-state index is 14.3. The van der Waals surface area contributed by atoms with Gasteiger partial charge in [-0.15, -0.1) is 11.3 Å². The first kappa shape index (κ1) is 54.1.